The maximum atomic E-state index is 11.6. The van der Waals surface area contributed by atoms with Crippen LogP contribution in [-0.2, 0) is 0 Å². The van der Waals surface area contributed by atoms with Crippen molar-refractivity contribution in [2.45, 2.75) is 0 Å². The number of hydrogen-bond donors (Lipinski definition) is 0. The highest BCUT2D eigenvalue weighted by molar-refractivity contribution is 5.89. The van der Waals surface area contributed by atoms with E-state index < -0.39 is 0 Å². The van der Waals surface area contributed by atoms with Crippen molar-refractivity contribution in [3.8, 4) is 11.5 Å². The zero-order valence-electron chi connectivity index (χ0n) is 10.5. The first-order valence-electron chi connectivity index (χ1n) is 5.96. The van der Waals surface area contributed by atoms with Gasteiger partial charge in [-0.1, -0.05) is 24.3 Å². The number of allylic oxidation sites excluding steroid dienone is 3. The van der Waals surface area contributed by atoms with E-state index in [1.54, 1.807) is 12.2 Å². The number of fused-ring (bicyclic) bond motifs is 1. The third-order valence-corrected chi connectivity index (χ3v) is 2.71. The van der Waals surface area contributed by atoms with Gasteiger partial charge in [0.15, 0.2) is 11.5 Å². The SMILES string of the molecule is O=C(/C=C/C=C/c1ccc2c(c1)OCO2)n1cnnc1. The van der Waals surface area contributed by atoms with E-state index in [0.29, 0.717) is 0 Å². The molecule has 20 heavy (non-hydrogen) atoms. The van der Waals surface area contributed by atoms with Crippen molar-refractivity contribution >= 4 is 12.0 Å². The molecule has 1 aromatic heterocycles. The monoisotopic (exact) mass is 269 g/mol. The molecule has 2 heterocycles. The van der Waals surface area contributed by atoms with Crippen molar-refractivity contribution < 1.29 is 14.3 Å². The standard InChI is InChI=1S/C14H11N3O3/c18-14(17-8-15-16-9-17)4-2-1-3-11-5-6-12-13(7-11)20-10-19-12/h1-9H,10H2/b3-1+,4-2+. The number of nitrogens with zero attached hydrogens (tertiary/aromatic N) is 3. The van der Waals surface area contributed by atoms with Crippen molar-refractivity contribution in [1.29, 1.82) is 0 Å². The summed E-state index contributed by atoms with van der Waals surface area (Å²) in [5, 5.41) is 7.13. The predicted molar refractivity (Wildman–Crippen MR) is 71.4 cm³/mol. The average Bonchev–Trinajstić information content (AvgIpc) is 3.13. The van der Waals surface area contributed by atoms with E-state index in [2.05, 4.69) is 10.2 Å². The number of carbonyl (C=O) groups excluding carboxylic acids is 1. The molecule has 0 atom stereocenters. The molecule has 100 valence electrons. The van der Waals surface area contributed by atoms with E-state index >= 15 is 0 Å². The van der Waals surface area contributed by atoms with Crippen LogP contribution in [-0.4, -0.2) is 27.5 Å². The van der Waals surface area contributed by atoms with Gasteiger partial charge in [0.2, 0.25) is 6.79 Å². The van der Waals surface area contributed by atoms with Crippen LogP contribution in [0.1, 0.15) is 10.4 Å². The van der Waals surface area contributed by atoms with Gasteiger partial charge in [-0.3, -0.25) is 9.36 Å². The summed E-state index contributed by atoms with van der Waals surface area (Å²) in [4.78, 5) is 11.6. The van der Waals surface area contributed by atoms with Gasteiger partial charge in [0.05, 0.1) is 0 Å². The molecule has 6 nitrogen and oxygen atoms in total. The molecule has 6 heteroatoms. The van der Waals surface area contributed by atoms with Crippen LogP contribution in [0, 0.1) is 0 Å². The summed E-state index contributed by atoms with van der Waals surface area (Å²) < 4.78 is 11.8. The highest BCUT2D eigenvalue weighted by atomic mass is 16.7. The second-order valence-corrected chi connectivity index (χ2v) is 4.04. The number of aromatic nitrogens is 3. The smallest absolute Gasteiger partial charge is 0.257 e. The fourth-order valence-corrected chi connectivity index (χ4v) is 1.72. The van der Waals surface area contributed by atoms with Gasteiger partial charge in [-0.15, -0.1) is 10.2 Å². The first-order valence-corrected chi connectivity index (χ1v) is 5.96. The minimum Gasteiger partial charge on any atom is -0.454 e. The Kier molecular flexibility index (Phi) is 3.28. The Morgan fingerprint density at radius 2 is 1.95 bits per heavy atom. The summed E-state index contributed by atoms with van der Waals surface area (Å²) in [6.45, 7) is 0.260. The molecule has 0 N–H and O–H groups in total. The van der Waals surface area contributed by atoms with Gasteiger partial charge in [0.25, 0.3) is 5.91 Å². The zero-order valence-corrected chi connectivity index (χ0v) is 10.5. The lowest BCUT2D eigenvalue weighted by atomic mass is 10.2. The Morgan fingerprint density at radius 3 is 2.80 bits per heavy atom. The Labute approximate surface area is 115 Å². The molecule has 0 saturated carbocycles. The highest BCUT2D eigenvalue weighted by Gasteiger charge is 2.11. The molecule has 2 aromatic rings. The lowest BCUT2D eigenvalue weighted by Crippen LogP contribution is -2.03. The fourth-order valence-electron chi connectivity index (χ4n) is 1.72. The Morgan fingerprint density at radius 1 is 1.15 bits per heavy atom. The predicted octanol–water partition coefficient (Wildman–Crippen LogP) is 1.92. The van der Waals surface area contributed by atoms with Crippen LogP contribution in [0.4, 0.5) is 0 Å². The summed E-state index contributed by atoms with van der Waals surface area (Å²) in [7, 11) is 0. The second kappa shape index (κ2) is 5.40. The molecule has 1 aliphatic heterocycles. The number of carbonyl (C=O) groups is 1. The largest absolute Gasteiger partial charge is 0.454 e. The molecule has 0 saturated heterocycles. The molecule has 0 bridgehead atoms. The lowest BCUT2D eigenvalue weighted by molar-refractivity contribution is 0.0968. The van der Waals surface area contributed by atoms with Crippen LogP contribution < -0.4 is 9.47 Å². The number of rotatable bonds is 3. The second-order valence-electron chi connectivity index (χ2n) is 4.04. The van der Waals surface area contributed by atoms with Crippen LogP contribution in [0.2, 0.25) is 0 Å². The van der Waals surface area contributed by atoms with Crippen molar-refractivity contribution in [2.24, 2.45) is 0 Å². The lowest BCUT2D eigenvalue weighted by Gasteiger charge is -1.96. The molecular weight excluding hydrogens is 258 g/mol. The van der Waals surface area contributed by atoms with E-state index in [1.807, 2.05) is 24.3 Å². The molecule has 0 fully saturated rings. The van der Waals surface area contributed by atoms with Gasteiger partial charge in [-0.25, -0.2) is 0 Å². The Hall–Kier alpha value is -2.89. The highest BCUT2D eigenvalue weighted by Crippen LogP contribution is 2.32. The van der Waals surface area contributed by atoms with Gasteiger partial charge >= 0.3 is 0 Å². The molecule has 0 spiro atoms. The van der Waals surface area contributed by atoms with Gasteiger partial charge in [0, 0.05) is 6.08 Å². The number of benzene rings is 1. The van der Waals surface area contributed by atoms with E-state index in [0.717, 1.165) is 17.1 Å². The minimum atomic E-state index is -0.203. The van der Waals surface area contributed by atoms with Crippen LogP contribution in [0.5, 0.6) is 11.5 Å². The van der Waals surface area contributed by atoms with Crippen LogP contribution in [0.3, 0.4) is 0 Å². The summed E-state index contributed by atoms with van der Waals surface area (Å²) in [6, 6.07) is 5.65. The van der Waals surface area contributed by atoms with E-state index in [-0.39, 0.29) is 12.7 Å². The zero-order chi connectivity index (χ0) is 13.8. The normalized spacial score (nSPS) is 13.4. The topological polar surface area (TPSA) is 66.2 Å². The van der Waals surface area contributed by atoms with Crippen LogP contribution in [0.25, 0.3) is 6.08 Å². The molecule has 1 aliphatic rings. The molecule has 0 amide bonds. The summed E-state index contributed by atoms with van der Waals surface area (Å²) in [5.41, 5.74) is 0.968. The minimum absolute atomic E-state index is 0.203. The van der Waals surface area contributed by atoms with Crippen molar-refractivity contribution in [3.63, 3.8) is 0 Å². The number of hydrogen-bond acceptors (Lipinski definition) is 5. The van der Waals surface area contributed by atoms with E-state index in [4.69, 9.17) is 9.47 Å². The Balaban J connectivity index is 1.64. The van der Waals surface area contributed by atoms with Crippen molar-refractivity contribution in [3.05, 3.63) is 54.6 Å². The van der Waals surface area contributed by atoms with E-state index in [9.17, 15) is 4.79 Å². The van der Waals surface area contributed by atoms with Crippen molar-refractivity contribution in [1.82, 2.24) is 14.8 Å². The average molecular weight is 269 g/mol. The molecule has 3 rings (SSSR count). The van der Waals surface area contributed by atoms with E-state index in [1.165, 1.54) is 23.3 Å². The van der Waals surface area contributed by atoms with Crippen molar-refractivity contribution in [2.75, 3.05) is 6.79 Å². The molecular formula is C14H11N3O3. The Bertz CT molecular complexity index is 675. The van der Waals surface area contributed by atoms with Gasteiger partial charge in [-0.05, 0) is 17.7 Å². The molecule has 0 unspecified atom stereocenters. The van der Waals surface area contributed by atoms with Gasteiger partial charge in [-0.2, -0.15) is 0 Å². The third kappa shape index (κ3) is 2.59. The van der Waals surface area contributed by atoms with Crippen LogP contribution in [0.15, 0.2) is 49.1 Å². The summed E-state index contributed by atoms with van der Waals surface area (Å²) >= 11 is 0. The molecule has 0 radical (unpaired) electrons. The van der Waals surface area contributed by atoms with Gasteiger partial charge in [0.1, 0.15) is 12.7 Å². The third-order valence-electron chi connectivity index (χ3n) is 2.71. The summed E-state index contributed by atoms with van der Waals surface area (Å²) in [5.74, 6) is 1.28. The molecule has 0 aliphatic carbocycles. The maximum absolute atomic E-state index is 11.6. The first kappa shape index (κ1) is 12.2. The quantitative estimate of drug-likeness (QED) is 0.629. The van der Waals surface area contributed by atoms with Gasteiger partial charge < -0.3 is 9.47 Å². The van der Waals surface area contributed by atoms with Crippen LogP contribution >= 0.6 is 0 Å². The molecule has 1 aromatic carbocycles. The summed E-state index contributed by atoms with van der Waals surface area (Å²) in [6.07, 6.45) is 9.46. The maximum Gasteiger partial charge on any atom is 0.257 e. The number of ether oxygens (including phenoxy) is 2. The first-order chi connectivity index (χ1) is 9.83. The fraction of sp³-hybridized carbons (Fsp3) is 0.0714.